The number of para-hydroxylation sites is 1. The Balaban J connectivity index is 1.30. The highest BCUT2D eigenvalue weighted by Gasteiger charge is 2.45. The number of carbonyl (C=O) groups is 2. The van der Waals surface area contributed by atoms with Gasteiger partial charge in [-0.05, 0) is 73.7 Å². The Bertz CT molecular complexity index is 1220. The van der Waals surface area contributed by atoms with E-state index in [4.69, 9.17) is 25.5 Å². The molecule has 1 atom stereocenters. The van der Waals surface area contributed by atoms with Crippen molar-refractivity contribution >= 4 is 23.4 Å². The Labute approximate surface area is 215 Å². The van der Waals surface area contributed by atoms with Crippen molar-refractivity contribution in [2.24, 2.45) is 0 Å². The molecule has 7 nitrogen and oxygen atoms in total. The van der Waals surface area contributed by atoms with Gasteiger partial charge in [0, 0.05) is 17.1 Å². The summed E-state index contributed by atoms with van der Waals surface area (Å²) in [5.41, 5.74) is 0.895. The first-order chi connectivity index (χ1) is 17.5. The molecule has 1 saturated heterocycles. The van der Waals surface area contributed by atoms with Gasteiger partial charge in [-0.2, -0.15) is 0 Å². The van der Waals surface area contributed by atoms with Crippen LogP contribution in [0.25, 0.3) is 11.3 Å². The van der Waals surface area contributed by atoms with Crippen LogP contribution in [0.5, 0.6) is 5.75 Å². The van der Waals surface area contributed by atoms with Crippen LogP contribution in [0.3, 0.4) is 0 Å². The fraction of sp³-hybridized carbons (Fsp3) is 0.357. The minimum Gasteiger partial charge on any atom is -0.491 e. The third-order valence-electron chi connectivity index (χ3n) is 6.73. The molecule has 1 aromatic heterocycles. The van der Waals surface area contributed by atoms with Crippen LogP contribution in [0, 0.1) is 0 Å². The summed E-state index contributed by atoms with van der Waals surface area (Å²) in [7, 11) is 0. The molecule has 3 heterocycles. The van der Waals surface area contributed by atoms with Gasteiger partial charge in [0.15, 0.2) is 11.4 Å². The molecule has 0 radical (unpaired) electrons. The predicted octanol–water partition coefficient (Wildman–Crippen LogP) is 4.73. The molecule has 1 N–H and O–H groups in total. The van der Waals surface area contributed by atoms with Crippen molar-refractivity contribution in [3.63, 3.8) is 0 Å². The quantitative estimate of drug-likeness (QED) is 0.541. The molecule has 1 spiro atoms. The number of rotatable bonds is 2. The summed E-state index contributed by atoms with van der Waals surface area (Å²) < 4.78 is 17.9. The second-order valence-electron chi connectivity index (χ2n) is 9.16. The fourth-order valence-electron chi connectivity index (χ4n) is 4.80. The van der Waals surface area contributed by atoms with E-state index >= 15 is 0 Å². The molecule has 0 aliphatic carbocycles. The molecule has 3 aromatic rings. The van der Waals surface area contributed by atoms with E-state index in [-0.39, 0.29) is 30.7 Å². The van der Waals surface area contributed by atoms with Gasteiger partial charge in [0.25, 0.3) is 11.8 Å². The summed E-state index contributed by atoms with van der Waals surface area (Å²) in [4.78, 5) is 28.3. The van der Waals surface area contributed by atoms with Crippen LogP contribution in [0.1, 0.15) is 35.4 Å². The maximum Gasteiger partial charge on any atom is 0.289 e. The zero-order valence-electron chi connectivity index (χ0n) is 20.0. The van der Waals surface area contributed by atoms with Crippen molar-refractivity contribution in [1.82, 2.24) is 10.2 Å². The van der Waals surface area contributed by atoms with E-state index in [2.05, 4.69) is 11.4 Å². The molecule has 36 heavy (non-hydrogen) atoms. The highest BCUT2D eigenvalue weighted by molar-refractivity contribution is 6.30. The Kier molecular flexibility index (Phi) is 7.30. The summed E-state index contributed by atoms with van der Waals surface area (Å²) in [5.74, 6) is 1.22. The third-order valence-corrected chi connectivity index (χ3v) is 6.98. The zero-order valence-corrected chi connectivity index (χ0v) is 20.8. The SMILES string of the molecule is O=C(c1ccc(-c2ccc(Cl)cc2)o1)N1CCOC2(CCCCc3ccccc3OCCNC2=O)C1. The fourth-order valence-corrected chi connectivity index (χ4v) is 4.93. The summed E-state index contributed by atoms with van der Waals surface area (Å²) in [6.07, 6.45) is 3.05. The number of benzene rings is 2. The van der Waals surface area contributed by atoms with E-state index in [1.807, 2.05) is 30.3 Å². The standard InChI is InChI=1S/C28H29ClN2O5/c29-22-10-8-21(9-11-22)24-12-13-25(36-24)26(32)31-16-18-35-28(19-31)14-4-3-6-20-5-1-2-7-23(20)34-17-15-30-27(28)33/h1-2,5,7-13H,3-4,6,14-19H2,(H,30,33). The number of hydrogen-bond donors (Lipinski definition) is 1. The first kappa shape index (κ1) is 24.4. The Morgan fingerprint density at radius 2 is 1.83 bits per heavy atom. The predicted molar refractivity (Wildman–Crippen MR) is 136 cm³/mol. The van der Waals surface area contributed by atoms with Crippen molar-refractivity contribution < 1.29 is 23.5 Å². The van der Waals surface area contributed by atoms with E-state index in [0.29, 0.717) is 36.9 Å². The van der Waals surface area contributed by atoms with Crippen molar-refractivity contribution in [3.8, 4) is 17.1 Å². The van der Waals surface area contributed by atoms with Crippen molar-refractivity contribution in [3.05, 3.63) is 77.0 Å². The topological polar surface area (TPSA) is 81.0 Å². The molecule has 2 aliphatic heterocycles. The molecule has 0 bridgehead atoms. The van der Waals surface area contributed by atoms with Crippen molar-refractivity contribution in [1.29, 1.82) is 0 Å². The molecule has 1 fully saturated rings. The number of fused-ring (bicyclic) bond motifs is 1. The number of ether oxygens (including phenoxy) is 2. The average Bonchev–Trinajstić information content (AvgIpc) is 3.39. The zero-order chi connectivity index (χ0) is 25.0. The maximum absolute atomic E-state index is 13.3. The summed E-state index contributed by atoms with van der Waals surface area (Å²) in [6, 6.07) is 18.7. The van der Waals surface area contributed by atoms with Crippen molar-refractivity contribution in [2.75, 3.05) is 32.8 Å². The second-order valence-corrected chi connectivity index (χ2v) is 9.60. The van der Waals surface area contributed by atoms with Crippen LogP contribution in [0.15, 0.2) is 65.1 Å². The summed E-state index contributed by atoms with van der Waals surface area (Å²) in [5, 5.41) is 3.59. The lowest BCUT2D eigenvalue weighted by molar-refractivity contribution is -0.159. The smallest absolute Gasteiger partial charge is 0.289 e. The number of halogens is 1. The lowest BCUT2D eigenvalue weighted by Crippen LogP contribution is -2.61. The number of aryl methyl sites for hydroxylation is 1. The van der Waals surface area contributed by atoms with E-state index in [1.165, 1.54) is 0 Å². The Morgan fingerprint density at radius 1 is 1.00 bits per heavy atom. The molecular formula is C28H29ClN2O5. The van der Waals surface area contributed by atoms with Crippen LogP contribution in [-0.2, 0) is 16.0 Å². The largest absolute Gasteiger partial charge is 0.491 e. The number of hydrogen-bond acceptors (Lipinski definition) is 5. The molecule has 8 heteroatoms. The van der Waals surface area contributed by atoms with Crippen LogP contribution in [0.4, 0.5) is 0 Å². The third kappa shape index (κ3) is 5.27. The van der Waals surface area contributed by atoms with Gasteiger partial charge in [-0.1, -0.05) is 29.8 Å². The summed E-state index contributed by atoms with van der Waals surface area (Å²) in [6.45, 7) is 1.56. The van der Waals surface area contributed by atoms with Gasteiger partial charge in [-0.15, -0.1) is 0 Å². The van der Waals surface area contributed by atoms with Gasteiger partial charge in [0.05, 0.1) is 19.7 Å². The molecule has 0 saturated carbocycles. The van der Waals surface area contributed by atoms with Gasteiger partial charge in [-0.25, -0.2) is 0 Å². The Morgan fingerprint density at radius 3 is 2.69 bits per heavy atom. The second kappa shape index (κ2) is 10.8. The van der Waals surface area contributed by atoms with Crippen molar-refractivity contribution in [2.45, 2.75) is 31.3 Å². The van der Waals surface area contributed by atoms with Crippen LogP contribution < -0.4 is 10.1 Å². The minimum atomic E-state index is -1.10. The average molecular weight is 509 g/mol. The maximum atomic E-state index is 13.3. The lowest BCUT2D eigenvalue weighted by Gasteiger charge is -2.41. The van der Waals surface area contributed by atoms with Crippen LogP contribution in [0.2, 0.25) is 5.02 Å². The molecule has 1 unspecified atom stereocenters. The molecule has 5 rings (SSSR count). The molecule has 2 aromatic carbocycles. The number of amides is 2. The van der Waals surface area contributed by atoms with E-state index in [0.717, 1.165) is 36.1 Å². The van der Waals surface area contributed by atoms with E-state index < -0.39 is 5.60 Å². The van der Waals surface area contributed by atoms with Gasteiger partial charge >= 0.3 is 0 Å². The van der Waals surface area contributed by atoms with E-state index in [1.54, 1.807) is 29.2 Å². The minimum absolute atomic E-state index is 0.173. The first-order valence-corrected chi connectivity index (χ1v) is 12.7. The van der Waals surface area contributed by atoms with Gasteiger partial charge in [0.1, 0.15) is 18.1 Å². The number of nitrogens with zero attached hydrogens (tertiary/aromatic N) is 1. The van der Waals surface area contributed by atoms with Crippen LogP contribution in [-0.4, -0.2) is 55.2 Å². The normalized spacial score (nSPS) is 21.0. The molecular weight excluding hydrogens is 480 g/mol. The van der Waals surface area contributed by atoms with Crippen LogP contribution >= 0.6 is 11.6 Å². The number of carbonyl (C=O) groups excluding carboxylic acids is 2. The molecule has 2 aliphatic rings. The molecule has 188 valence electrons. The van der Waals surface area contributed by atoms with Gasteiger partial charge < -0.3 is 24.1 Å². The highest BCUT2D eigenvalue weighted by atomic mass is 35.5. The molecule has 2 amide bonds. The number of furan rings is 1. The van der Waals surface area contributed by atoms with E-state index in [9.17, 15) is 9.59 Å². The number of morpholine rings is 1. The first-order valence-electron chi connectivity index (χ1n) is 12.3. The highest BCUT2D eigenvalue weighted by Crippen LogP contribution is 2.30. The monoisotopic (exact) mass is 508 g/mol. The Hall–Kier alpha value is -3.29. The number of nitrogens with one attached hydrogen (secondary N) is 1. The lowest BCUT2D eigenvalue weighted by atomic mass is 9.91. The summed E-state index contributed by atoms with van der Waals surface area (Å²) >= 11 is 5.98. The van der Waals surface area contributed by atoms with Gasteiger partial charge in [0.2, 0.25) is 0 Å². The van der Waals surface area contributed by atoms with Gasteiger partial charge in [-0.3, -0.25) is 9.59 Å².